The number of halogens is 2. The first-order chi connectivity index (χ1) is 9.62. The summed E-state index contributed by atoms with van der Waals surface area (Å²) in [6.07, 6.45) is 2.29. The van der Waals surface area contributed by atoms with Gasteiger partial charge in [-0.1, -0.05) is 59.6 Å². The molecular formula is C17H14Cl2O. The summed E-state index contributed by atoms with van der Waals surface area (Å²) in [6, 6.07) is 15.4. The lowest BCUT2D eigenvalue weighted by molar-refractivity contribution is -0.120. The van der Waals surface area contributed by atoms with Crippen molar-refractivity contribution in [2.45, 2.75) is 24.7 Å². The molecule has 0 atom stereocenters. The molecule has 0 aliphatic heterocycles. The van der Waals surface area contributed by atoms with Gasteiger partial charge in [0.15, 0.2) is 0 Å². The van der Waals surface area contributed by atoms with Crippen LogP contribution in [0.5, 0.6) is 0 Å². The lowest BCUT2D eigenvalue weighted by atomic mass is 9.88. The zero-order chi connectivity index (χ0) is 14.2. The summed E-state index contributed by atoms with van der Waals surface area (Å²) in [6.45, 7) is 0. The molecule has 1 fully saturated rings. The molecule has 1 saturated carbocycles. The molecule has 0 bridgehead atoms. The molecule has 0 unspecified atom stereocenters. The van der Waals surface area contributed by atoms with Gasteiger partial charge >= 0.3 is 0 Å². The largest absolute Gasteiger partial charge is 0.298 e. The van der Waals surface area contributed by atoms with Crippen molar-refractivity contribution in [2.24, 2.45) is 0 Å². The second-order valence-corrected chi connectivity index (χ2v) is 6.11. The van der Waals surface area contributed by atoms with Gasteiger partial charge in [0, 0.05) is 6.42 Å². The number of carbonyl (C=O) groups excluding carboxylic acids is 1. The molecule has 1 nitrogen and oxygen atoms in total. The maximum atomic E-state index is 12.6. The molecule has 0 radical (unpaired) electrons. The van der Waals surface area contributed by atoms with Gasteiger partial charge < -0.3 is 0 Å². The topological polar surface area (TPSA) is 17.1 Å². The summed E-state index contributed by atoms with van der Waals surface area (Å²) < 4.78 is 0. The van der Waals surface area contributed by atoms with E-state index in [1.807, 2.05) is 36.4 Å². The Morgan fingerprint density at radius 1 is 1.00 bits per heavy atom. The fraction of sp³-hybridized carbons (Fsp3) is 0.235. The van der Waals surface area contributed by atoms with Crippen LogP contribution in [0, 0.1) is 0 Å². The number of carbonyl (C=O) groups is 1. The van der Waals surface area contributed by atoms with Gasteiger partial charge in [0.2, 0.25) is 0 Å². The predicted octanol–water partition coefficient (Wildman–Crippen LogP) is 4.84. The molecule has 1 aliphatic carbocycles. The van der Waals surface area contributed by atoms with Crippen LogP contribution in [0.3, 0.4) is 0 Å². The second kappa shape index (κ2) is 5.23. The maximum absolute atomic E-state index is 12.6. The van der Waals surface area contributed by atoms with Crippen molar-refractivity contribution in [2.75, 3.05) is 0 Å². The number of hydrogen-bond acceptors (Lipinski definition) is 1. The molecule has 3 heteroatoms. The molecule has 1 aliphatic rings. The highest BCUT2D eigenvalue weighted by Gasteiger charge is 2.50. The van der Waals surface area contributed by atoms with Crippen LogP contribution in [0.15, 0.2) is 48.5 Å². The highest BCUT2D eigenvalue weighted by Crippen LogP contribution is 2.49. The van der Waals surface area contributed by atoms with Gasteiger partial charge in [-0.3, -0.25) is 4.79 Å². The molecule has 0 amide bonds. The molecule has 0 saturated heterocycles. The van der Waals surface area contributed by atoms with Crippen LogP contribution in [0.4, 0.5) is 0 Å². The van der Waals surface area contributed by atoms with Gasteiger partial charge in [-0.05, 0) is 36.1 Å². The van der Waals surface area contributed by atoms with E-state index in [4.69, 9.17) is 23.2 Å². The lowest BCUT2D eigenvalue weighted by Gasteiger charge is -2.14. The van der Waals surface area contributed by atoms with Crippen molar-refractivity contribution in [3.05, 3.63) is 69.7 Å². The van der Waals surface area contributed by atoms with Crippen LogP contribution < -0.4 is 0 Å². The molecule has 102 valence electrons. The average Bonchev–Trinajstić information content (AvgIpc) is 3.26. The molecular weight excluding hydrogens is 291 g/mol. The SMILES string of the molecule is O=C(Cc1ccc(Cl)c(Cl)c1)C1(c2ccccc2)CC1. The predicted molar refractivity (Wildman–Crippen MR) is 82.5 cm³/mol. The summed E-state index contributed by atoms with van der Waals surface area (Å²) in [7, 11) is 0. The second-order valence-electron chi connectivity index (χ2n) is 5.30. The van der Waals surface area contributed by atoms with Gasteiger partial charge in [0.1, 0.15) is 5.78 Å². The Bertz CT molecular complexity index is 645. The first kappa shape index (κ1) is 13.7. The highest BCUT2D eigenvalue weighted by atomic mass is 35.5. The van der Waals surface area contributed by atoms with Crippen molar-refractivity contribution in [1.29, 1.82) is 0 Å². The summed E-state index contributed by atoms with van der Waals surface area (Å²) in [5, 5.41) is 1.02. The first-order valence-electron chi connectivity index (χ1n) is 6.65. The van der Waals surface area contributed by atoms with E-state index in [0.717, 1.165) is 24.0 Å². The van der Waals surface area contributed by atoms with Gasteiger partial charge in [0.25, 0.3) is 0 Å². The number of rotatable bonds is 4. The molecule has 0 aromatic heterocycles. The molecule has 3 rings (SSSR count). The van der Waals surface area contributed by atoms with Crippen LogP contribution in [0.2, 0.25) is 10.0 Å². The Labute approximate surface area is 128 Å². The minimum Gasteiger partial charge on any atom is -0.298 e. The zero-order valence-electron chi connectivity index (χ0n) is 10.9. The number of benzene rings is 2. The number of ketones is 1. The fourth-order valence-electron chi connectivity index (χ4n) is 2.61. The van der Waals surface area contributed by atoms with Crippen LogP contribution in [0.25, 0.3) is 0 Å². The molecule has 0 spiro atoms. The van der Waals surface area contributed by atoms with Crippen molar-refractivity contribution in [3.8, 4) is 0 Å². The average molecular weight is 305 g/mol. The fourth-order valence-corrected chi connectivity index (χ4v) is 2.94. The maximum Gasteiger partial charge on any atom is 0.147 e. The lowest BCUT2D eigenvalue weighted by Crippen LogP contribution is -2.22. The van der Waals surface area contributed by atoms with E-state index in [1.165, 1.54) is 0 Å². The van der Waals surface area contributed by atoms with E-state index >= 15 is 0 Å². The summed E-state index contributed by atoms with van der Waals surface area (Å²) >= 11 is 11.9. The monoisotopic (exact) mass is 304 g/mol. The summed E-state index contributed by atoms with van der Waals surface area (Å²) in [4.78, 5) is 12.6. The van der Waals surface area contributed by atoms with Crippen LogP contribution in [-0.4, -0.2) is 5.78 Å². The summed E-state index contributed by atoms with van der Waals surface area (Å²) in [5.41, 5.74) is 1.78. The Morgan fingerprint density at radius 2 is 1.70 bits per heavy atom. The minimum atomic E-state index is -0.270. The van der Waals surface area contributed by atoms with E-state index in [0.29, 0.717) is 16.5 Å². The zero-order valence-corrected chi connectivity index (χ0v) is 12.4. The number of hydrogen-bond donors (Lipinski definition) is 0. The molecule has 0 N–H and O–H groups in total. The van der Waals surface area contributed by atoms with Crippen molar-refractivity contribution in [3.63, 3.8) is 0 Å². The van der Waals surface area contributed by atoms with Crippen LogP contribution in [-0.2, 0) is 16.6 Å². The van der Waals surface area contributed by atoms with Gasteiger partial charge in [-0.2, -0.15) is 0 Å². The molecule has 2 aromatic rings. The highest BCUT2D eigenvalue weighted by molar-refractivity contribution is 6.42. The van der Waals surface area contributed by atoms with Crippen LogP contribution in [0.1, 0.15) is 24.0 Å². The van der Waals surface area contributed by atoms with Gasteiger partial charge in [-0.15, -0.1) is 0 Å². The molecule has 20 heavy (non-hydrogen) atoms. The Morgan fingerprint density at radius 3 is 2.30 bits per heavy atom. The van der Waals surface area contributed by atoms with E-state index in [-0.39, 0.29) is 11.2 Å². The van der Waals surface area contributed by atoms with E-state index in [1.54, 1.807) is 12.1 Å². The van der Waals surface area contributed by atoms with Crippen molar-refractivity contribution < 1.29 is 4.79 Å². The van der Waals surface area contributed by atoms with Crippen LogP contribution >= 0.6 is 23.2 Å². The Balaban J connectivity index is 1.81. The first-order valence-corrected chi connectivity index (χ1v) is 7.40. The van der Waals surface area contributed by atoms with E-state index in [2.05, 4.69) is 0 Å². The smallest absolute Gasteiger partial charge is 0.147 e. The van der Waals surface area contributed by atoms with Crippen molar-refractivity contribution in [1.82, 2.24) is 0 Å². The molecule has 2 aromatic carbocycles. The minimum absolute atomic E-state index is 0.266. The Hall–Kier alpha value is -1.31. The summed E-state index contributed by atoms with van der Waals surface area (Å²) in [5.74, 6) is 0.266. The molecule has 0 heterocycles. The van der Waals surface area contributed by atoms with E-state index in [9.17, 15) is 4.79 Å². The third-order valence-electron chi connectivity index (χ3n) is 3.96. The quantitative estimate of drug-likeness (QED) is 0.790. The normalized spacial score (nSPS) is 15.9. The third kappa shape index (κ3) is 2.48. The van der Waals surface area contributed by atoms with Gasteiger partial charge in [0.05, 0.1) is 15.5 Å². The standard InChI is InChI=1S/C17H14Cl2O/c18-14-7-6-12(10-15(14)19)11-16(20)17(8-9-17)13-4-2-1-3-5-13/h1-7,10H,8-9,11H2. The van der Waals surface area contributed by atoms with E-state index < -0.39 is 0 Å². The third-order valence-corrected chi connectivity index (χ3v) is 4.70. The number of Topliss-reactive ketones (excluding diaryl/α,β-unsaturated/α-hetero) is 1. The van der Waals surface area contributed by atoms with Gasteiger partial charge in [-0.25, -0.2) is 0 Å². The van der Waals surface area contributed by atoms with Crippen molar-refractivity contribution >= 4 is 29.0 Å². The Kier molecular flexibility index (Phi) is 3.57.